The Morgan fingerprint density at radius 2 is 0.918 bits per heavy atom. The zero-order valence-corrected chi connectivity index (χ0v) is 71.0. The van der Waals surface area contributed by atoms with Crippen LogP contribution in [0.15, 0.2) is 130 Å². The predicted octanol–water partition coefficient (Wildman–Crippen LogP) is 19.9. The molecular weight excluding hydrogens is 1410 g/mol. The van der Waals surface area contributed by atoms with Crippen molar-refractivity contribution in [2.75, 3.05) is 19.8 Å². The normalized spacial score (nSPS) is 20.9. The molecule has 4 aromatic carbocycles. The number of aromatic carboxylic acids is 1. The van der Waals surface area contributed by atoms with Gasteiger partial charge in [-0.15, -0.1) is 0 Å². The monoisotopic (exact) mass is 1550 g/mol. The highest BCUT2D eigenvalue weighted by Crippen LogP contribution is 2.59. The smallest absolute Gasteiger partial charge is 0.347 e. The van der Waals surface area contributed by atoms with Gasteiger partial charge in [0.1, 0.15) is 16.8 Å². The molecule has 7 aliphatic rings. The lowest BCUT2D eigenvalue weighted by Gasteiger charge is -2.59. The van der Waals surface area contributed by atoms with E-state index >= 15 is 0 Å². The number of hydrogen-bond acceptors (Lipinski definition) is 17. The molecule has 3 unspecified atom stereocenters. The largest absolute Gasteiger partial charge is 0.872 e. The lowest BCUT2D eigenvalue weighted by Crippen LogP contribution is -2.61. The van der Waals surface area contributed by atoms with Gasteiger partial charge in [0.25, 0.3) is 0 Å². The summed E-state index contributed by atoms with van der Waals surface area (Å²) < 4.78 is 37.0. The summed E-state index contributed by atoms with van der Waals surface area (Å²) in [6, 6.07) is 37.7. The number of carboxylic acid groups (broad SMARTS) is 1. The number of carbonyl (C=O) groups excluding carboxylic acids is 7. The highest BCUT2D eigenvalue weighted by molar-refractivity contribution is 7.97. The summed E-state index contributed by atoms with van der Waals surface area (Å²) >= 11 is 0. The van der Waals surface area contributed by atoms with Crippen molar-refractivity contribution in [3.63, 3.8) is 0 Å². The van der Waals surface area contributed by atoms with Crippen LogP contribution in [0.2, 0.25) is 0 Å². The lowest BCUT2D eigenvalue weighted by atomic mass is 9.52. The van der Waals surface area contributed by atoms with Gasteiger partial charge in [-0.1, -0.05) is 153 Å². The molecule has 2 N–H and O–H groups in total. The quantitative estimate of drug-likeness (QED) is 0.0397. The topological polar surface area (TPSA) is 265 Å². The molecule has 19 heteroatoms. The van der Waals surface area contributed by atoms with Gasteiger partial charge in [0.2, 0.25) is 6.10 Å². The molecule has 7 fully saturated rings. The van der Waals surface area contributed by atoms with Crippen molar-refractivity contribution in [2.24, 2.45) is 44.8 Å². The van der Waals surface area contributed by atoms with E-state index in [9.17, 15) is 48.6 Å². The van der Waals surface area contributed by atoms with Crippen molar-refractivity contribution in [1.82, 2.24) is 0 Å². The fourth-order valence-electron chi connectivity index (χ4n) is 13.9. The third kappa shape index (κ3) is 29.1. The first kappa shape index (κ1) is 95.1. The molecule has 6 aliphatic carbocycles. The number of carbonyl (C=O) groups is 8. The molecule has 4 bridgehead atoms. The Balaban J connectivity index is 0.000000273. The van der Waals surface area contributed by atoms with E-state index in [1.165, 1.54) is 90.3 Å². The zero-order chi connectivity index (χ0) is 82.4. The molecule has 18 nitrogen and oxygen atoms in total. The lowest BCUT2D eigenvalue weighted by molar-refractivity contribution is -0.268. The van der Waals surface area contributed by atoms with Crippen LogP contribution in [0.1, 0.15) is 296 Å². The van der Waals surface area contributed by atoms with Crippen molar-refractivity contribution in [3.05, 3.63) is 121 Å². The van der Waals surface area contributed by atoms with Crippen LogP contribution in [-0.4, -0.2) is 106 Å². The van der Waals surface area contributed by atoms with Crippen LogP contribution in [0.4, 0.5) is 0 Å². The summed E-state index contributed by atoms with van der Waals surface area (Å²) in [7, 11) is -0.0146. The molecule has 0 aromatic heterocycles. The minimum absolute atomic E-state index is 0.00702. The molecule has 614 valence electrons. The van der Waals surface area contributed by atoms with Crippen molar-refractivity contribution < 1.29 is 86.8 Å². The number of ether oxygens (including phenoxy) is 7. The number of aliphatic hydroxyl groups is 1. The SMILES string of the molecule is CCC(C)(C)C(=O)OC1(C(C)C)CCCC1.CCC(C)(C)C(=O)OC12CC3CC(CC(O)(C3)C1)C2.CCC(C)(C)C(=O)OC1CCOC1=O.CCC1(OC(=O)C(C)(C)CC)CCCCCCC1.CCOC(=O)COC(=O)C(C)(C)CC.O=C(O)c1ccccc1[O-].c1ccc([S+](c2ccccc2)c2ccccc2)cc1. The second-order valence-corrected chi connectivity index (χ2v) is 36.3. The van der Waals surface area contributed by atoms with E-state index in [4.69, 9.17) is 33.5 Å². The zero-order valence-electron chi connectivity index (χ0n) is 70.2. The molecule has 1 aliphatic heterocycles. The van der Waals surface area contributed by atoms with Gasteiger partial charge >= 0.3 is 47.8 Å². The Morgan fingerprint density at radius 1 is 0.518 bits per heavy atom. The van der Waals surface area contributed by atoms with Crippen LogP contribution in [0, 0.1) is 44.8 Å². The Morgan fingerprint density at radius 3 is 1.30 bits per heavy atom. The molecule has 110 heavy (non-hydrogen) atoms. The van der Waals surface area contributed by atoms with Gasteiger partial charge in [-0.25, -0.2) is 14.4 Å². The van der Waals surface area contributed by atoms with Crippen LogP contribution in [0.3, 0.4) is 0 Å². The molecule has 11 rings (SSSR count). The second-order valence-electron chi connectivity index (χ2n) is 34.2. The molecular formula is C91H136O18S. The first-order valence-electron chi connectivity index (χ1n) is 40.6. The molecule has 0 amide bonds. The van der Waals surface area contributed by atoms with Crippen LogP contribution in [0.5, 0.6) is 5.75 Å². The highest BCUT2D eigenvalue weighted by atomic mass is 32.2. The number of rotatable bonds is 23. The Hall–Kier alpha value is -7.25. The highest BCUT2D eigenvalue weighted by Gasteiger charge is 2.60. The summed E-state index contributed by atoms with van der Waals surface area (Å²) in [6.07, 6.45) is 23.1. The number of hydrogen-bond donors (Lipinski definition) is 2. The van der Waals surface area contributed by atoms with Gasteiger partial charge < -0.3 is 48.5 Å². The summed E-state index contributed by atoms with van der Waals surface area (Å²) in [4.78, 5) is 96.0. The van der Waals surface area contributed by atoms with Crippen LogP contribution in [-0.2, 0) is 77.6 Å². The minimum Gasteiger partial charge on any atom is -0.872 e. The molecule has 0 spiro atoms. The molecule has 6 saturated carbocycles. The van der Waals surface area contributed by atoms with E-state index in [2.05, 4.69) is 123 Å². The fraction of sp³-hybridized carbons (Fsp3) is 0.648. The number of cyclic esters (lactones) is 1. The van der Waals surface area contributed by atoms with Crippen molar-refractivity contribution >= 4 is 58.6 Å². The predicted molar refractivity (Wildman–Crippen MR) is 430 cm³/mol. The molecule has 0 radical (unpaired) electrons. The van der Waals surface area contributed by atoms with Crippen LogP contribution >= 0.6 is 0 Å². The Bertz CT molecular complexity index is 3380. The summed E-state index contributed by atoms with van der Waals surface area (Å²) in [5.74, 6) is -1.83. The minimum atomic E-state index is -1.18. The van der Waals surface area contributed by atoms with E-state index < -0.39 is 51.6 Å². The fourth-order valence-corrected chi connectivity index (χ4v) is 16.0. The van der Waals surface area contributed by atoms with Crippen molar-refractivity contribution in [2.45, 2.75) is 329 Å². The summed E-state index contributed by atoms with van der Waals surface area (Å²) in [5.41, 5.74) is -3.60. The van der Waals surface area contributed by atoms with E-state index in [0.29, 0.717) is 56.7 Å². The first-order chi connectivity index (χ1) is 51.6. The van der Waals surface area contributed by atoms with Crippen LogP contribution in [0.25, 0.3) is 0 Å². The van der Waals surface area contributed by atoms with Gasteiger partial charge in [0, 0.05) is 12.8 Å². The average molecular weight is 1550 g/mol. The maximum Gasteiger partial charge on any atom is 0.347 e. The van der Waals surface area contributed by atoms with E-state index in [1.807, 2.05) is 69.2 Å². The third-order valence-electron chi connectivity index (χ3n) is 23.3. The maximum absolute atomic E-state index is 12.4. The van der Waals surface area contributed by atoms with E-state index in [0.717, 1.165) is 77.0 Å². The first-order valence-corrected chi connectivity index (χ1v) is 41.9. The van der Waals surface area contributed by atoms with E-state index in [1.54, 1.807) is 34.6 Å². The van der Waals surface area contributed by atoms with E-state index in [-0.39, 0.29) is 80.5 Å². The van der Waals surface area contributed by atoms with Gasteiger partial charge in [-0.3, -0.25) is 24.0 Å². The van der Waals surface area contributed by atoms with Gasteiger partial charge in [0.05, 0.1) is 62.3 Å². The van der Waals surface area contributed by atoms with Gasteiger partial charge in [0.15, 0.2) is 21.3 Å². The molecule has 1 saturated heterocycles. The number of para-hydroxylation sites is 1. The molecule has 1 heterocycles. The molecule has 3 atom stereocenters. The van der Waals surface area contributed by atoms with Crippen LogP contribution < -0.4 is 5.11 Å². The summed E-state index contributed by atoms with van der Waals surface area (Å²) in [5, 5.41) is 29.7. The van der Waals surface area contributed by atoms with Gasteiger partial charge in [-0.05, 0) is 258 Å². The maximum atomic E-state index is 12.4. The third-order valence-corrected chi connectivity index (χ3v) is 25.5. The average Bonchev–Trinajstić information content (AvgIpc) is 0.853. The Kier molecular flexibility index (Phi) is 37.8. The Labute approximate surface area is 662 Å². The second kappa shape index (κ2) is 43.7. The number of benzene rings is 4. The standard InChI is InChI=1S/C18H15S.C16H26O3.C16H30O2.C14H26O2.C10H16O4.C10H18O4.C7H6O3/c1-4-10-16(11-5-1)19(17-12-6-2-7-13-17)18-14-8-3-9-15-18;1-4-14(2,3)13(17)19-16-8-11-5-12(9-16)7-15(18,6-11)10-16;1-5-15(3,4)14(17)18-16(6-2)12-10-8-7-9-11-13-16;1-6-13(4,5)12(15)16-14(11(2)3)9-7-8-10-14;1-4-10(2,3)9(12)14-7-5-6-13-8(7)11;1-5-10(3,4)9(12)14-7-8(11)13-6-2;8-6-4-2-1-3-5(6)7(9)10/h1-15H;11-12,18H,4-10H2,1-3H3;5-13H2,1-4H3;11H,6-10H2,1-5H3;7H,4-6H2,1-3H3;5-7H2,1-4H3;1-4,8H,(H,9,10)/q+1;;;;;;/p-1. The van der Waals surface area contributed by atoms with Crippen molar-refractivity contribution in [3.8, 4) is 5.75 Å². The number of esters is 7. The van der Waals surface area contributed by atoms with Crippen molar-refractivity contribution in [1.29, 1.82) is 0 Å². The summed E-state index contributed by atoms with van der Waals surface area (Å²) in [6.45, 7) is 37.4. The van der Waals surface area contributed by atoms with Gasteiger partial charge in [-0.2, -0.15) is 0 Å². The number of carboxylic acids is 1. The molecule has 4 aromatic rings.